The van der Waals surface area contributed by atoms with Gasteiger partial charge in [-0.25, -0.2) is 0 Å². The summed E-state index contributed by atoms with van der Waals surface area (Å²) >= 11 is 1.58. The van der Waals surface area contributed by atoms with Crippen molar-refractivity contribution in [2.45, 2.75) is 23.8 Å². The zero-order valence-electron chi connectivity index (χ0n) is 10.2. The predicted molar refractivity (Wildman–Crippen MR) is 78.4 cm³/mol. The Morgan fingerprint density at radius 3 is 2.83 bits per heavy atom. The molecule has 2 N–H and O–H groups in total. The number of carbonyl (C=O) groups excluding carboxylic acids is 1. The zero-order chi connectivity index (χ0) is 11.9. The molecule has 18 heavy (non-hydrogen) atoms. The van der Waals surface area contributed by atoms with Gasteiger partial charge in [-0.2, -0.15) is 0 Å². The van der Waals surface area contributed by atoms with Crippen LogP contribution < -0.4 is 10.6 Å². The zero-order valence-corrected chi connectivity index (χ0v) is 11.9. The van der Waals surface area contributed by atoms with Gasteiger partial charge < -0.3 is 10.6 Å². The first-order valence-corrected chi connectivity index (χ1v) is 7.01. The van der Waals surface area contributed by atoms with Crippen LogP contribution in [0, 0.1) is 0 Å². The fraction of sp³-hybridized carbons (Fsp3) is 0.462. The minimum absolute atomic E-state index is 0. The summed E-state index contributed by atoms with van der Waals surface area (Å²) < 4.78 is 0. The summed E-state index contributed by atoms with van der Waals surface area (Å²) in [5.41, 5.74) is 0. The van der Waals surface area contributed by atoms with Crippen LogP contribution >= 0.6 is 24.2 Å². The summed E-state index contributed by atoms with van der Waals surface area (Å²) in [6.07, 6.45) is 2.24. The van der Waals surface area contributed by atoms with Crippen LogP contribution in [0.1, 0.15) is 12.8 Å². The summed E-state index contributed by atoms with van der Waals surface area (Å²) in [4.78, 5) is 12.9. The SMILES string of the molecule is Cl.O=C(CSc1ccccc1)NC1CCCNC1. The minimum Gasteiger partial charge on any atom is -0.351 e. The van der Waals surface area contributed by atoms with Crippen LogP contribution in [0.4, 0.5) is 0 Å². The molecule has 100 valence electrons. The van der Waals surface area contributed by atoms with Crippen molar-refractivity contribution in [2.75, 3.05) is 18.8 Å². The van der Waals surface area contributed by atoms with Gasteiger partial charge in [0.05, 0.1) is 5.75 Å². The van der Waals surface area contributed by atoms with Crippen molar-refractivity contribution in [3.8, 4) is 0 Å². The quantitative estimate of drug-likeness (QED) is 0.833. The van der Waals surface area contributed by atoms with Crippen molar-refractivity contribution in [2.24, 2.45) is 0 Å². The van der Waals surface area contributed by atoms with Crippen molar-refractivity contribution in [1.29, 1.82) is 0 Å². The molecule has 0 saturated carbocycles. The second kappa shape index (κ2) is 8.40. The fourth-order valence-corrected chi connectivity index (χ4v) is 2.64. The van der Waals surface area contributed by atoms with Crippen LogP contribution in [0.3, 0.4) is 0 Å². The number of nitrogens with one attached hydrogen (secondary N) is 2. The third-order valence-electron chi connectivity index (χ3n) is 2.78. The van der Waals surface area contributed by atoms with Gasteiger partial charge in [0.25, 0.3) is 0 Å². The summed E-state index contributed by atoms with van der Waals surface area (Å²) in [7, 11) is 0. The molecule has 0 spiro atoms. The van der Waals surface area contributed by atoms with Crippen LogP contribution in [0.5, 0.6) is 0 Å². The maximum absolute atomic E-state index is 11.7. The Kier molecular flexibility index (Phi) is 7.16. The number of hydrogen-bond acceptors (Lipinski definition) is 3. The molecule has 5 heteroatoms. The highest BCUT2D eigenvalue weighted by molar-refractivity contribution is 8.00. The molecule has 0 aromatic heterocycles. The van der Waals surface area contributed by atoms with Crippen molar-refractivity contribution in [1.82, 2.24) is 10.6 Å². The lowest BCUT2D eigenvalue weighted by atomic mass is 10.1. The molecular weight excluding hydrogens is 268 g/mol. The molecule has 1 fully saturated rings. The highest BCUT2D eigenvalue weighted by atomic mass is 35.5. The summed E-state index contributed by atoms with van der Waals surface area (Å²) in [5.74, 6) is 0.633. The lowest BCUT2D eigenvalue weighted by Gasteiger charge is -2.23. The molecule has 1 aromatic rings. The first kappa shape index (κ1) is 15.3. The number of piperidine rings is 1. The highest BCUT2D eigenvalue weighted by Gasteiger charge is 2.14. The van der Waals surface area contributed by atoms with E-state index in [0.29, 0.717) is 11.8 Å². The van der Waals surface area contributed by atoms with E-state index >= 15 is 0 Å². The monoisotopic (exact) mass is 286 g/mol. The molecule has 1 heterocycles. The summed E-state index contributed by atoms with van der Waals surface area (Å²) in [5, 5.41) is 6.36. The van der Waals surface area contributed by atoms with Crippen molar-refractivity contribution in [3.05, 3.63) is 30.3 Å². The van der Waals surface area contributed by atoms with Crippen LogP contribution in [-0.2, 0) is 4.79 Å². The van der Waals surface area contributed by atoms with Gasteiger partial charge in [0, 0.05) is 17.5 Å². The number of halogens is 1. The molecular formula is C13H19ClN2OS. The number of thioether (sulfide) groups is 1. The van der Waals surface area contributed by atoms with E-state index in [4.69, 9.17) is 0 Å². The Labute approximate surface area is 119 Å². The lowest BCUT2D eigenvalue weighted by Crippen LogP contribution is -2.46. The van der Waals surface area contributed by atoms with Crippen LogP contribution in [0.25, 0.3) is 0 Å². The molecule has 1 amide bonds. The third kappa shape index (κ3) is 5.29. The Morgan fingerprint density at radius 1 is 1.39 bits per heavy atom. The Hall–Kier alpha value is -0.710. The minimum atomic E-state index is 0. The second-order valence-corrected chi connectivity index (χ2v) is 5.26. The van der Waals surface area contributed by atoms with E-state index in [-0.39, 0.29) is 18.3 Å². The molecule has 0 aliphatic carbocycles. The number of benzene rings is 1. The molecule has 1 aliphatic rings. The van der Waals surface area contributed by atoms with Gasteiger partial charge in [-0.1, -0.05) is 18.2 Å². The van der Waals surface area contributed by atoms with Crippen molar-refractivity contribution < 1.29 is 4.79 Å². The van der Waals surface area contributed by atoms with Crippen LogP contribution in [0.2, 0.25) is 0 Å². The molecule has 1 atom stereocenters. The maximum Gasteiger partial charge on any atom is 0.230 e. The average molecular weight is 287 g/mol. The number of rotatable bonds is 4. The van der Waals surface area contributed by atoms with E-state index < -0.39 is 0 Å². The van der Waals surface area contributed by atoms with Crippen molar-refractivity contribution in [3.63, 3.8) is 0 Å². The van der Waals surface area contributed by atoms with E-state index in [2.05, 4.69) is 10.6 Å². The molecule has 1 aliphatic heterocycles. The van der Waals surface area contributed by atoms with E-state index in [0.717, 1.165) is 30.8 Å². The largest absolute Gasteiger partial charge is 0.351 e. The van der Waals surface area contributed by atoms with E-state index in [1.54, 1.807) is 11.8 Å². The van der Waals surface area contributed by atoms with Gasteiger partial charge in [0.2, 0.25) is 5.91 Å². The maximum atomic E-state index is 11.7. The van der Waals surface area contributed by atoms with E-state index in [1.807, 2.05) is 30.3 Å². The third-order valence-corrected chi connectivity index (χ3v) is 3.79. The Bertz CT molecular complexity index is 355. The molecule has 3 nitrogen and oxygen atoms in total. The lowest BCUT2D eigenvalue weighted by molar-refractivity contribution is -0.119. The van der Waals surface area contributed by atoms with Gasteiger partial charge in [-0.3, -0.25) is 4.79 Å². The fourth-order valence-electron chi connectivity index (χ4n) is 1.91. The first-order chi connectivity index (χ1) is 8.34. The highest BCUT2D eigenvalue weighted by Crippen LogP contribution is 2.16. The Balaban J connectivity index is 0.00000162. The summed E-state index contributed by atoms with van der Waals surface area (Å²) in [6.45, 7) is 1.98. The van der Waals surface area contributed by atoms with Gasteiger partial charge >= 0.3 is 0 Å². The second-order valence-electron chi connectivity index (χ2n) is 4.21. The van der Waals surface area contributed by atoms with Crippen molar-refractivity contribution >= 4 is 30.1 Å². The standard InChI is InChI=1S/C13H18N2OS.ClH/c16-13(15-11-5-4-8-14-9-11)10-17-12-6-2-1-3-7-12;/h1-3,6-7,11,14H,4-5,8-10H2,(H,15,16);1H. The molecule has 0 bridgehead atoms. The molecule has 1 saturated heterocycles. The van der Waals surface area contributed by atoms with Gasteiger partial charge in [-0.05, 0) is 31.5 Å². The van der Waals surface area contributed by atoms with Gasteiger partial charge in [0.15, 0.2) is 0 Å². The van der Waals surface area contributed by atoms with E-state index in [1.165, 1.54) is 0 Å². The topological polar surface area (TPSA) is 41.1 Å². The van der Waals surface area contributed by atoms with E-state index in [9.17, 15) is 4.79 Å². The van der Waals surface area contributed by atoms with Gasteiger partial charge in [-0.15, -0.1) is 24.2 Å². The molecule has 1 unspecified atom stereocenters. The smallest absolute Gasteiger partial charge is 0.230 e. The average Bonchev–Trinajstić information content (AvgIpc) is 2.39. The molecule has 0 radical (unpaired) electrons. The predicted octanol–water partition coefficient (Wildman–Crippen LogP) is 2.07. The Morgan fingerprint density at radius 2 is 2.17 bits per heavy atom. The molecule has 2 rings (SSSR count). The summed E-state index contributed by atoms with van der Waals surface area (Å²) in [6, 6.07) is 10.3. The normalized spacial score (nSPS) is 18.8. The number of hydrogen-bond donors (Lipinski definition) is 2. The number of carbonyl (C=O) groups is 1. The number of amides is 1. The van der Waals surface area contributed by atoms with Gasteiger partial charge in [0.1, 0.15) is 0 Å². The molecule has 1 aromatic carbocycles. The first-order valence-electron chi connectivity index (χ1n) is 6.02. The van der Waals surface area contributed by atoms with Crippen LogP contribution in [0.15, 0.2) is 35.2 Å². The van der Waals surface area contributed by atoms with Crippen LogP contribution in [-0.4, -0.2) is 30.8 Å².